The van der Waals surface area contributed by atoms with Crippen LogP contribution in [0.25, 0.3) is 6.08 Å². The minimum Gasteiger partial charge on any atom is -0.465 e. The summed E-state index contributed by atoms with van der Waals surface area (Å²) in [7, 11) is 1.10. The Balaban J connectivity index is 3.56. The van der Waals surface area contributed by atoms with Gasteiger partial charge < -0.3 is 4.74 Å². The van der Waals surface area contributed by atoms with Crippen molar-refractivity contribution in [1.82, 2.24) is 0 Å². The number of nitro benzene ring substituents is 1. The average molecular weight is 257 g/mol. The van der Waals surface area contributed by atoms with E-state index in [1.54, 1.807) is 0 Å². The third-order valence-corrected chi connectivity index (χ3v) is 2.34. The van der Waals surface area contributed by atoms with Gasteiger partial charge in [0.2, 0.25) is 0 Å². The quantitative estimate of drug-likeness (QED) is 0.474. The number of benzene rings is 1. The second kappa shape index (κ2) is 5.35. The van der Waals surface area contributed by atoms with E-state index in [1.807, 2.05) is 0 Å². The summed E-state index contributed by atoms with van der Waals surface area (Å²) in [6.45, 7) is 1.29. The standard InChI is InChI=1S/C11H9F2NO4/c1-6-8(5-10(12)13)7(11(15)18-2)3-4-9(6)14(16)17/h3-5H,1-2H3. The van der Waals surface area contributed by atoms with Gasteiger partial charge >= 0.3 is 5.97 Å². The molecule has 7 heteroatoms. The number of carbonyl (C=O) groups is 1. The number of nitrogens with zero attached hydrogens (tertiary/aromatic N) is 1. The highest BCUT2D eigenvalue weighted by Gasteiger charge is 2.20. The lowest BCUT2D eigenvalue weighted by atomic mass is 10.00. The van der Waals surface area contributed by atoms with Crippen LogP contribution in [0.1, 0.15) is 21.5 Å². The normalized spacial score (nSPS) is 9.78. The number of carbonyl (C=O) groups excluding carboxylic acids is 1. The molecule has 0 heterocycles. The van der Waals surface area contributed by atoms with E-state index in [1.165, 1.54) is 6.92 Å². The molecule has 0 aliphatic heterocycles. The molecule has 0 aliphatic rings. The summed E-state index contributed by atoms with van der Waals surface area (Å²) in [6.07, 6.45) is -1.64. The first-order valence-electron chi connectivity index (χ1n) is 4.77. The van der Waals surface area contributed by atoms with Crippen LogP contribution < -0.4 is 0 Å². The van der Waals surface area contributed by atoms with Crippen molar-refractivity contribution in [1.29, 1.82) is 0 Å². The van der Waals surface area contributed by atoms with Crippen molar-refractivity contribution in [2.75, 3.05) is 7.11 Å². The van der Waals surface area contributed by atoms with E-state index in [4.69, 9.17) is 0 Å². The molecule has 0 N–H and O–H groups in total. The zero-order chi connectivity index (χ0) is 13.9. The predicted molar refractivity (Wildman–Crippen MR) is 59.4 cm³/mol. The summed E-state index contributed by atoms with van der Waals surface area (Å²) < 4.78 is 29.1. The van der Waals surface area contributed by atoms with Crippen LogP contribution in [0.4, 0.5) is 14.5 Å². The summed E-state index contributed by atoms with van der Waals surface area (Å²) in [5.41, 5.74) is -0.713. The molecule has 0 bridgehead atoms. The van der Waals surface area contributed by atoms with Crippen LogP contribution in [-0.4, -0.2) is 18.0 Å². The van der Waals surface area contributed by atoms with Crippen LogP contribution in [0.2, 0.25) is 0 Å². The van der Waals surface area contributed by atoms with Crippen LogP contribution in [0.3, 0.4) is 0 Å². The summed E-state index contributed by atoms with van der Waals surface area (Å²) in [5.74, 6) is -0.833. The molecule has 0 spiro atoms. The fraction of sp³-hybridized carbons (Fsp3) is 0.182. The van der Waals surface area contributed by atoms with Crippen molar-refractivity contribution < 1.29 is 23.2 Å². The first-order chi connectivity index (χ1) is 8.38. The van der Waals surface area contributed by atoms with Gasteiger partial charge in [0.1, 0.15) is 0 Å². The molecule has 0 saturated carbocycles. The van der Waals surface area contributed by atoms with Crippen molar-refractivity contribution >= 4 is 17.7 Å². The van der Waals surface area contributed by atoms with Crippen LogP contribution in [0, 0.1) is 17.0 Å². The van der Waals surface area contributed by atoms with Gasteiger partial charge in [0.25, 0.3) is 11.8 Å². The number of hydrogen-bond donors (Lipinski definition) is 0. The maximum Gasteiger partial charge on any atom is 0.338 e. The minimum atomic E-state index is -2.05. The molecule has 0 saturated heterocycles. The highest BCUT2D eigenvalue weighted by atomic mass is 19.3. The first kappa shape index (κ1) is 13.8. The Bertz CT molecular complexity index is 536. The third kappa shape index (κ3) is 2.68. The minimum absolute atomic E-state index is 0.0179. The van der Waals surface area contributed by atoms with Crippen molar-refractivity contribution in [3.63, 3.8) is 0 Å². The Labute approximate surface area is 101 Å². The fourth-order valence-electron chi connectivity index (χ4n) is 1.50. The monoisotopic (exact) mass is 257 g/mol. The molecule has 0 amide bonds. The Kier molecular flexibility index (Phi) is 4.09. The first-order valence-corrected chi connectivity index (χ1v) is 4.77. The van der Waals surface area contributed by atoms with E-state index in [0.29, 0.717) is 6.08 Å². The molecular weight excluding hydrogens is 248 g/mol. The van der Waals surface area contributed by atoms with Gasteiger partial charge in [-0.3, -0.25) is 10.1 Å². The molecule has 96 valence electrons. The molecule has 1 aromatic carbocycles. The van der Waals surface area contributed by atoms with E-state index in [2.05, 4.69) is 4.74 Å². The predicted octanol–water partition coefficient (Wildman–Crippen LogP) is 2.93. The van der Waals surface area contributed by atoms with Crippen molar-refractivity contribution in [3.05, 3.63) is 45.0 Å². The highest BCUT2D eigenvalue weighted by Crippen LogP contribution is 2.27. The molecule has 0 unspecified atom stereocenters. The van der Waals surface area contributed by atoms with Crippen LogP contribution in [0.15, 0.2) is 18.2 Å². The molecular formula is C11H9F2NO4. The number of esters is 1. The van der Waals surface area contributed by atoms with Crippen LogP contribution in [0.5, 0.6) is 0 Å². The summed E-state index contributed by atoms with van der Waals surface area (Å²) in [4.78, 5) is 21.4. The lowest BCUT2D eigenvalue weighted by Crippen LogP contribution is -2.06. The summed E-state index contributed by atoms with van der Waals surface area (Å²) in [5, 5.41) is 10.7. The largest absolute Gasteiger partial charge is 0.465 e. The summed E-state index contributed by atoms with van der Waals surface area (Å²) >= 11 is 0. The van der Waals surface area contributed by atoms with Gasteiger partial charge in [0.15, 0.2) is 0 Å². The van der Waals surface area contributed by atoms with Crippen LogP contribution in [-0.2, 0) is 4.74 Å². The lowest BCUT2D eigenvalue weighted by molar-refractivity contribution is -0.385. The maximum absolute atomic E-state index is 12.3. The molecule has 5 nitrogen and oxygen atoms in total. The highest BCUT2D eigenvalue weighted by molar-refractivity contribution is 5.95. The van der Waals surface area contributed by atoms with Gasteiger partial charge in [-0.1, -0.05) is 0 Å². The number of halogens is 2. The smallest absolute Gasteiger partial charge is 0.338 e. The van der Waals surface area contributed by atoms with E-state index in [-0.39, 0.29) is 22.4 Å². The SMILES string of the molecule is COC(=O)c1ccc([N+](=O)[O-])c(C)c1C=C(F)F. The molecule has 1 rings (SSSR count). The Morgan fingerprint density at radius 1 is 1.44 bits per heavy atom. The molecule has 0 aromatic heterocycles. The maximum atomic E-state index is 12.3. The van der Waals surface area contributed by atoms with Crippen molar-refractivity contribution in [2.45, 2.75) is 6.92 Å². The molecule has 0 aliphatic carbocycles. The van der Waals surface area contributed by atoms with Gasteiger partial charge in [-0.05, 0) is 13.0 Å². The second-order valence-corrected chi connectivity index (χ2v) is 3.35. The van der Waals surface area contributed by atoms with Gasteiger partial charge in [-0.25, -0.2) is 4.79 Å². The van der Waals surface area contributed by atoms with E-state index >= 15 is 0 Å². The Hall–Kier alpha value is -2.31. The average Bonchev–Trinajstić information content (AvgIpc) is 2.29. The number of rotatable bonds is 3. The van der Waals surface area contributed by atoms with E-state index in [0.717, 1.165) is 19.2 Å². The van der Waals surface area contributed by atoms with Crippen molar-refractivity contribution in [2.24, 2.45) is 0 Å². The Morgan fingerprint density at radius 2 is 2.06 bits per heavy atom. The van der Waals surface area contributed by atoms with Gasteiger partial charge in [0, 0.05) is 23.3 Å². The molecule has 18 heavy (non-hydrogen) atoms. The zero-order valence-electron chi connectivity index (χ0n) is 9.57. The molecule has 1 aromatic rings. The number of nitro groups is 1. The third-order valence-electron chi connectivity index (χ3n) is 2.34. The lowest BCUT2D eigenvalue weighted by Gasteiger charge is -2.07. The summed E-state index contributed by atoms with van der Waals surface area (Å²) in [6, 6.07) is 2.17. The molecule has 0 radical (unpaired) electrons. The number of hydrogen-bond acceptors (Lipinski definition) is 4. The zero-order valence-corrected chi connectivity index (χ0v) is 9.57. The fourth-order valence-corrected chi connectivity index (χ4v) is 1.50. The van der Waals surface area contributed by atoms with E-state index in [9.17, 15) is 23.7 Å². The van der Waals surface area contributed by atoms with Crippen LogP contribution >= 0.6 is 0 Å². The van der Waals surface area contributed by atoms with Crippen molar-refractivity contribution in [3.8, 4) is 0 Å². The van der Waals surface area contributed by atoms with E-state index < -0.39 is 17.0 Å². The van der Waals surface area contributed by atoms with Gasteiger partial charge in [-0.2, -0.15) is 8.78 Å². The number of ether oxygens (including phenoxy) is 1. The topological polar surface area (TPSA) is 69.4 Å². The van der Waals surface area contributed by atoms with Gasteiger partial charge in [-0.15, -0.1) is 0 Å². The second-order valence-electron chi connectivity index (χ2n) is 3.35. The number of methoxy groups -OCH3 is 1. The molecule has 0 fully saturated rings. The Morgan fingerprint density at radius 3 is 2.50 bits per heavy atom. The molecule has 0 atom stereocenters. The van der Waals surface area contributed by atoms with Gasteiger partial charge in [0.05, 0.1) is 17.6 Å².